The lowest BCUT2D eigenvalue weighted by molar-refractivity contribution is -0.149. The standard InChI is InChI=1S/C23H26N2O4/c1-15(2)20(22(27)25-14-6-9-19(25)23(28)29)24-21(26)18-12-10-17(11-13-18)16-7-4-3-5-8-16/h3-5,7-8,10-13,15,19-20H,6,9,14H2,1-2H3,(H,24,26)(H,28,29). The number of benzene rings is 2. The molecule has 0 radical (unpaired) electrons. The number of rotatable bonds is 6. The first kappa shape index (κ1) is 20.6. The van der Waals surface area contributed by atoms with Crippen LogP contribution >= 0.6 is 0 Å². The van der Waals surface area contributed by atoms with Crippen LogP contribution in [-0.2, 0) is 9.59 Å². The van der Waals surface area contributed by atoms with E-state index < -0.39 is 18.1 Å². The SMILES string of the molecule is CC(C)C(NC(=O)c1ccc(-c2ccccc2)cc1)C(=O)N1CCCC1C(=O)O. The Hall–Kier alpha value is -3.15. The van der Waals surface area contributed by atoms with Crippen LogP contribution in [0.1, 0.15) is 37.0 Å². The van der Waals surface area contributed by atoms with Crippen LogP contribution < -0.4 is 5.32 Å². The van der Waals surface area contributed by atoms with Crippen molar-refractivity contribution in [3.8, 4) is 11.1 Å². The predicted molar refractivity (Wildman–Crippen MR) is 110 cm³/mol. The Morgan fingerprint density at radius 3 is 2.21 bits per heavy atom. The number of hydrogen-bond donors (Lipinski definition) is 2. The van der Waals surface area contributed by atoms with Gasteiger partial charge >= 0.3 is 5.97 Å². The minimum absolute atomic E-state index is 0.162. The molecule has 1 saturated heterocycles. The van der Waals surface area contributed by atoms with Crippen molar-refractivity contribution in [3.63, 3.8) is 0 Å². The monoisotopic (exact) mass is 394 g/mol. The van der Waals surface area contributed by atoms with Gasteiger partial charge in [-0.25, -0.2) is 4.79 Å². The van der Waals surface area contributed by atoms with Crippen molar-refractivity contribution < 1.29 is 19.5 Å². The maximum atomic E-state index is 13.0. The number of hydrogen-bond acceptors (Lipinski definition) is 3. The van der Waals surface area contributed by atoms with E-state index in [-0.39, 0.29) is 17.7 Å². The van der Waals surface area contributed by atoms with Gasteiger partial charge in [-0.2, -0.15) is 0 Å². The zero-order valence-corrected chi connectivity index (χ0v) is 16.7. The van der Waals surface area contributed by atoms with E-state index in [1.807, 2.05) is 56.3 Å². The van der Waals surface area contributed by atoms with Gasteiger partial charge in [0.2, 0.25) is 5.91 Å². The molecule has 0 saturated carbocycles. The van der Waals surface area contributed by atoms with Gasteiger partial charge in [-0.15, -0.1) is 0 Å². The molecule has 1 fully saturated rings. The van der Waals surface area contributed by atoms with Gasteiger partial charge in [0.1, 0.15) is 12.1 Å². The summed E-state index contributed by atoms with van der Waals surface area (Å²) in [5.74, 6) is -1.84. The lowest BCUT2D eigenvalue weighted by Gasteiger charge is -2.29. The Morgan fingerprint density at radius 2 is 1.62 bits per heavy atom. The van der Waals surface area contributed by atoms with Crippen LogP contribution in [0.2, 0.25) is 0 Å². The normalized spacial score (nSPS) is 17.2. The third kappa shape index (κ3) is 4.65. The fourth-order valence-electron chi connectivity index (χ4n) is 3.65. The molecule has 1 heterocycles. The van der Waals surface area contributed by atoms with Gasteiger partial charge in [0.05, 0.1) is 0 Å². The van der Waals surface area contributed by atoms with Crippen molar-refractivity contribution in [2.24, 2.45) is 5.92 Å². The fourth-order valence-corrected chi connectivity index (χ4v) is 3.65. The molecule has 6 nitrogen and oxygen atoms in total. The topological polar surface area (TPSA) is 86.7 Å². The predicted octanol–water partition coefficient (Wildman–Crippen LogP) is 3.18. The number of carboxylic acid groups (broad SMARTS) is 1. The third-order valence-corrected chi connectivity index (χ3v) is 5.29. The van der Waals surface area contributed by atoms with E-state index >= 15 is 0 Å². The van der Waals surface area contributed by atoms with Crippen molar-refractivity contribution >= 4 is 17.8 Å². The summed E-state index contributed by atoms with van der Waals surface area (Å²) in [4.78, 5) is 38.5. The van der Waals surface area contributed by atoms with Crippen LogP contribution in [0.25, 0.3) is 11.1 Å². The molecule has 2 aromatic carbocycles. The van der Waals surface area contributed by atoms with Gasteiger partial charge < -0.3 is 15.3 Å². The maximum Gasteiger partial charge on any atom is 0.326 e. The minimum Gasteiger partial charge on any atom is -0.480 e. The van der Waals surface area contributed by atoms with E-state index in [0.717, 1.165) is 11.1 Å². The first-order valence-corrected chi connectivity index (χ1v) is 9.88. The minimum atomic E-state index is -0.999. The van der Waals surface area contributed by atoms with Crippen LogP contribution in [0, 0.1) is 5.92 Å². The second-order valence-electron chi connectivity index (χ2n) is 7.67. The summed E-state index contributed by atoms with van der Waals surface area (Å²) in [6.45, 7) is 4.08. The third-order valence-electron chi connectivity index (χ3n) is 5.29. The molecule has 29 heavy (non-hydrogen) atoms. The molecule has 3 rings (SSSR count). The Bertz CT molecular complexity index is 878. The smallest absolute Gasteiger partial charge is 0.326 e. The summed E-state index contributed by atoms with van der Waals surface area (Å²) in [7, 11) is 0. The average Bonchev–Trinajstić information content (AvgIpc) is 3.22. The molecule has 0 aliphatic carbocycles. The van der Waals surface area contributed by atoms with E-state index in [9.17, 15) is 19.5 Å². The molecule has 152 valence electrons. The maximum absolute atomic E-state index is 13.0. The van der Waals surface area contributed by atoms with E-state index in [0.29, 0.717) is 24.9 Å². The number of carbonyl (C=O) groups excluding carboxylic acids is 2. The van der Waals surface area contributed by atoms with Gasteiger partial charge in [0.25, 0.3) is 5.91 Å². The Balaban J connectivity index is 1.73. The van der Waals surface area contributed by atoms with Gasteiger partial charge in [-0.05, 0) is 42.0 Å². The highest BCUT2D eigenvalue weighted by Gasteiger charge is 2.38. The molecule has 2 aromatic rings. The van der Waals surface area contributed by atoms with E-state index in [2.05, 4.69) is 5.32 Å². The molecule has 1 aliphatic rings. The number of likely N-dealkylation sites (tertiary alicyclic amines) is 1. The van der Waals surface area contributed by atoms with Gasteiger partial charge in [0, 0.05) is 12.1 Å². The highest BCUT2D eigenvalue weighted by atomic mass is 16.4. The van der Waals surface area contributed by atoms with Crippen molar-refractivity contribution in [1.29, 1.82) is 0 Å². The Labute approximate surface area is 170 Å². The van der Waals surface area contributed by atoms with Crippen LogP contribution in [0.15, 0.2) is 54.6 Å². The van der Waals surface area contributed by atoms with Crippen LogP contribution in [0.3, 0.4) is 0 Å². The van der Waals surface area contributed by atoms with E-state index in [4.69, 9.17) is 0 Å². The van der Waals surface area contributed by atoms with Crippen LogP contribution in [0.5, 0.6) is 0 Å². The number of amides is 2. The summed E-state index contributed by atoms with van der Waals surface area (Å²) in [6, 6.07) is 15.5. The molecule has 2 atom stereocenters. The number of nitrogens with zero attached hydrogens (tertiary/aromatic N) is 1. The Kier molecular flexibility index (Phi) is 6.32. The molecule has 0 bridgehead atoms. The first-order chi connectivity index (χ1) is 13.9. The lowest BCUT2D eigenvalue weighted by atomic mass is 10.0. The first-order valence-electron chi connectivity index (χ1n) is 9.88. The molecular formula is C23H26N2O4. The summed E-state index contributed by atoms with van der Waals surface area (Å²) < 4.78 is 0. The number of aliphatic carboxylic acids is 1. The molecule has 2 unspecified atom stereocenters. The van der Waals surface area contributed by atoms with Crippen LogP contribution in [-0.4, -0.2) is 46.4 Å². The summed E-state index contributed by atoms with van der Waals surface area (Å²) in [5, 5.41) is 12.2. The second-order valence-corrected chi connectivity index (χ2v) is 7.67. The molecule has 2 N–H and O–H groups in total. The van der Waals surface area contributed by atoms with Crippen LogP contribution in [0.4, 0.5) is 0 Å². The van der Waals surface area contributed by atoms with E-state index in [1.54, 1.807) is 12.1 Å². The van der Waals surface area contributed by atoms with Crippen molar-refractivity contribution in [2.75, 3.05) is 6.54 Å². The fraction of sp³-hybridized carbons (Fsp3) is 0.348. The van der Waals surface area contributed by atoms with E-state index in [1.165, 1.54) is 4.90 Å². The lowest BCUT2D eigenvalue weighted by Crippen LogP contribution is -2.53. The zero-order valence-electron chi connectivity index (χ0n) is 16.7. The molecule has 0 aromatic heterocycles. The number of carboxylic acids is 1. The quantitative estimate of drug-likeness (QED) is 0.788. The molecule has 2 amide bonds. The molecule has 0 spiro atoms. The zero-order chi connectivity index (χ0) is 21.0. The second kappa shape index (κ2) is 8.90. The van der Waals surface area contributed by atoms with Crippen molar-refractivity contribution in [3.05, 3.63) is 60.2 Å². The highest BCUT2D eigenvalue weighted by molar-refractivity contribution is 5.98. The Morgan fingerprint density at radius 1 is 1.00 bits per heavy atom. The molecule has 1 aliphatic heterocycles. The van der Waals surface area contributed by atoms with Crippen molar-refractivity contribution in [1.82, 2.24) is 10.2 Å². The van der Waals surface area contributed by atoms with Crippen molar-refractivity contribution in [2.45, 2.75) is 38.8 Å². The van der Waals surface area contributed by atoms with Gasteiger partial charge in [0.15, 0.2) is 0 Å². The summed E-state index contributed by atoms with van der Waals surface area (Å²) in [6.07, 6.45) is 1.10. The largest absolute Gasteiger partial charge is 0.480 e. The van der Waals surface area contributed by atoms with Gasteiger partial charge in [-0.3, -0.25) is 9.59 Å². The number of carbonyl (C=O) groups is 3. The summed E-state index contributed by atoms with van der Waals surface area (Å²) in [5.41, 5.74) is 2.52. The average molecular weight is 394 g/mol. The highest BCUT2D eigenvalue weighted by Crippen LogP contribution is 2.22. The van der Waals surface area contributed by atoms with Gasteiger partial charge in [-0.1, -0.05) is 56.3 Å². The molecular weight excluding hydrogens is 368 g/mol. The summed E-state index contributed by atoms with van der Waals surface area (Å²) >= 11 is 0. The number of nitrogens with one attached hydrogen (secondary N) is 1. The molecule has 6 heteroatoms.